The lowest BCUT2D eigenvalue weighted by atomic mass is 10.0. The molecular formula is C12H16N2O2. The first-order valence-corrected chi connectivity index (χ1v) is 5.55. The molecule has 0 aliphatic carbocycles. The summed E-state index contributed by atoms with van der Waals surface area (Å²) in [4.78, 5) is 11.0. The normalized spacial score (nSPS) is 20.9. The number of carbonyl (C=O) groups is 1. The predicted octanol–water partition coefficient (Wildman–Crippen LogP) is 1.09. The maximum absolute atomic E-state index is 11.0. The van der Waals surface area contributed by atoms with E-state index in [1.807, 2.05) is 24.3 Å². The summed E-state index contributed by atoms with van der Waals surface area (Å²) in [6, 6.07) is 7.63. The number of fused-ring (bicyclic) bond motifs is 1. The Bertz CT molecular complexity index is 379. The Balaban J connectivity index is 2.14. The van der Waals surface area contributed by atoms with Gasteiger partial charge in [0.15, 0.2) is 0 Å². The summed E-state index contributed by atoms with van der Waals surface area (Å²) < 4.78 is 0. The molecule has 0 bridgehead atoms. The van der Waals surface area contributed by atoms with Gasteiger partial charge in [0, 0.05) is 18.8 Å². The van der Waals surface area contributed by atoms with Crippen LogP contribution >= 0.6 is 0 Å². The summed E-state index contributed by atoms with van der Waals surface area (Å²) in [7, 11) is 0. The number of nitrogens with one attached hydrogen (secondary N) is 2. The molecule has 1 heterocycles. The van der Waals surface area contributed by atoms with Crippen molar-refractivity contribution < 1.29 is 9.90 Å². The molecule has 2 rings (SSSR count). The summed E-state index contributed by atoms with van der Waals surface area (Å²) in [6.45, 7) is 1.42. The zero-order valence-electron chi connectivity index (χ0n) is 9.07. The van der Waals surface area contributed by atoms with Crippen molar-refractivity contribution in [2.24, 2.45) is 0 Å². The molecule has 1 aliphatic heterocycles. The van der Waals surface area contributed by atoms with Gasteiger partial charge in [-0.3, -0.25) is 4.79 Å². The van der Waals surface area contributed by atoms with E-state index in [-0.39, 0.29) is 0 Å². The Morgan fingerprint density at radius 2 is 2.12 bits per heavy atom. The largest absolute Gasteiger partial charge is 0.480 e. The molecule has 0 fully saturated rings. The van der Waals surface area contributed by atoms with Gasteiger partial charge in [0.1, 0.15) is 6.04 Å². The highest BCUT2D eigenvalue weighted by Gasteiger charge is 2.18. The fraction of sp³-hybridized carbons (Fsp3) is 0.417. The smallest absolute Gasteiger partial charge is 0.320 e. The quantitative estimate of drug-likeness (QED) is 0.663. The Labute approximate surface area is 94.7 Å². The molecule has 4 heteroatoms. The minimum atomic E-state index is -0.764. The first-order chi connectivity index (χ1) is 7.77. The predicted molar refractivity (Wildman–Crippen MR) is 62.7 cm³/mol. The number of hydrogen-bond acceptors (Lipinski definition) is 3. The first kappa shape index (κ1) is 11.0. The summed E-state index contributed by atoms with van der Waals surface area (Å²) in [5.41, 5.74) is 2.31. The standard InChI is InChI=1S/C12H16N2O2/c15-12(16)11-6-5-9-3-1-2-4-10(9)13-7-8-14-11/h1-4,11,13-14H,5-8H2,(H,15,16). The highest BCUT2D eigenvalue weighted by Crippen LogP contribution is 2.18. The van der Waals surface area contributed by atoms with Gasteiger partial charge < -0.3 is 15.7 Å². The van der Waals surface area contributed by atoms with Crippen molar-refractivity contribution in [2.75, 3.05) is 18.4 Å². The molecule has 3 N–H and O–H groups in total. The van der Waals surface area contributed by atoms with Crippen LogP contribution in [-0.2, 0) is 11.2 Å². The van der Waals surface area contributed by atoms with Gasteiger partial charge in [0.05, 0.1) is 0 Å². The van der Waals surface area contributed by atoms with E-state index in [1.165, 1.54) is 5.56 Å². The van der Waals surface area contributed by atoms with Gasteiger partial charge in [-0.25, -0.2) is 0 Å². The third-order valence-electron chi connectivity index (χ3n) is 2.85. The lowest BCUT2D eigenvalue weighted by molar-refractivity contribution is -0.139. The number of para-hydroxylation sites is 1. The Morgan fingerprint density at radius 1 is 1.31 bits per heavy atom. The number of aliphatic carboxylic acids is 1. The summed E-state index contributed by atoms with van der Waals surface area (Å²) >= 11 is 0. The third-order valence-corrected chi connectivity index (χ3v) is 2.85. The number of rotatable bonds is 1. The van der Waals surface area contributed by atoms with Gasteiger partial charge in [-0.05, 0) is 24.5 Å². The second-order valence-electron chi connectivity index (χ2n) is 3.97. The number of hydrogen-bond donors (Lipinski definition) is 3. The van der Waals surface area contributed by atoms with Crippen LogP contribution in [0.25, 0.3) is 0 Å². The van der Waals surface area contributed by atoms with E-state index < -0.39 is 12.0 Å². The molecule has 16 heavy (non-hydrogen) atoms. The maximum Gasteiger partial charge on any atom is 0.320 e. The van der Waals surface area contributed by atoms with Crippen molar-refractivity contribution in [3.05, 3.63) is 29.8 Å². The molecule has 1 unspecified atom stereocenters. The van der Waals surface area contributed by atoms with Gasteiger partial charge in [-0.2, -0.15) is 0 Å². The van der Waals surface area contributed by atoms with E-state index in [2.05, 4.69) is 10.6 Å². The van der Waals surface area contributed by atoms with Gasteiger partial charge in [0.2, 0.25) is 0 Å². The molecule has 1 aromatic carbocycles. The van der Waals surface area contributed by atoms with Crippen molar-refractivity contribution in [3.63, 3.8) is 0 Å². The fourth-order valence-corrected chi connectivity index (χ4v) is 1.97. The molecular weight excluding hydrogens is 204 g/mol. The van der Waals surface area contributed by atoms with Gasteiger partial charge in [-0.15, -0.1) is 0 Å². The second kappa shape index (κ2) is 4.99. The number of aryl methyl sites for hydroxylation is 1. The van der Waals surface area contributed by atoms with E-state index in [0.29, 0.717) is 13.0 Å². The zero-order valence-corrected chi connectivity index (χ0v) is 9.07. The van der Waals surface area contributed by atoms with E-state index in [0.717, 1.165) is 18.7 Å². The highest BCUT2D eigenvalue weighted by atomic mass is 16.4. The van der Waals surface area contributed by atoms with Crippen molar-refractivity contribution in [2.45, 2.75) is 18.9 Å². The van der Waals surface area contributed by atoms with Gasteiger partial charge in [-0.1, -0.05) is 18.2 Å². The van der Waals surface area contributed by atoms with E-state index in [4.69, 9.17) is 5.11 Å². The Hall–Kier alpha value is -1.55. The molecule has 1 aliphatic rings. The maximum atomic E-state index is 11.0. The van der Waals surface area contributed by atoms with Crippen LogP contribution in [-0.4, -0.2) is 30.2 Å². The van der Waals surface area contributed by atoms with E-state index in [9.17, 15) is 4.79 Å². The van der Waals surface area contributed by atoms with Crippen LogP contribution in [0.4, 0.5) is 5.69 Å². The van der Waals surface area contributed by atoms with Crippen LogP contribution in [0.2, 0.25) is 0 Å². The topological polar surface area (TPSA) is 61.4 Å². The van der Waals surface area contributed by atoms with Crippen molar-refractivity contribution in [1.29, 1.82) is 0 Å². The fourth-order valence-electron chi connectivity index (χ4n) is 1.97. The first-order valence-electron chi connectivity index (χ1n) is 5.55. The molecule has 0 saturated carbocycles. The van der Waals surface area contributed by atoms with Crippen molar-refractivity contribution in [3.8, 4) is 0 Å². The summed E-state index contributed by atoms with van der Waals surface area (Å²) in [5, 5.41) is 15.4. The third kappa shape index (κ3) is 2.52. The van der Waals surface area contributed by atoms with Crippen molar-refractivity contribution in [1.82, 2.24) is 5.32 Å². The zero-order chi connectivity index (χ0) is 11.4. The lowest BCUT2D eigenvalue weighted by Crippen LogP contribution is -2.38. The minimum Gasteiger partial charge on any atom is -0.480 e. The molecule has 0 radical (unpaired) electrons. The summed E-state index contributed by atoms with van der Waals surface area (Å²) in [5.74, 6) is -0.764. The molecule has 1 aromatic rings. The Morgan fingerprint density at radius 3 is 2.94 bits per heavy atom. The van der Waals surface area contributed by atoms with Crippen LogP contribution < -0.4 is 10.6 Å². The molecule has 0 aromatic heterocycles. The summed E-state index contributed by atoms with van der Waals surface area (Å²) in [6.07, 6.45) is 1.42. The monoisotopic (exact) mass is 220 g/mol. The number of carboxylic acids is 1. The average molecular weight is 220 g/mol. The SMILES string of the molecule is O=C(O)C1CCc2ccccc2NCCN1. The molecule has 0 saturated heterocycles. The molecule has 0 spiro atoms. The average Bonchev–Trinajstić information content (AvgIpc) is 2.38. The molecule has 1 atom stereocenters. The van der Waals surface area contributed by atoms with Gasteiger partial charge >= 0.3 is 5.97 Å². The van der Waals surface area contributed by atoms with E-state index in [1.54, 1.807) is 0 Å². The van der Waals surface area contributed by atoms with Crippen LogP contribution in [0.15, 0.2) is 24.3 Å². The molecule has 86 valence electrons. The highest BCUT2D eigenvalue weighted by molar-refractivity contribution is 5.73. The van der Waals surface area contributed by atoms with Crippen LogP contribution in [0.1, 0.15) is 12.0 Å². The van der Waals surface area contributed by atoms with Crippen molar-refractivity contribution >= 4 is 11.7 Å². The molecule has 0 amide bonds. The second-order valence-corrected chi connectivity index (χ2v) is 3.97. The minimum absolute atomic E-state index is 0.437. The van der Waals surface area contributed by atoms with Gasteiger partial charge in [0.25, 0.3) is 0 Å². The van der Waals surface area contributed by atoms with Crippen LogP contribution in [0.5, 0.6) is 0 Å². The lowest BCUT2D eigenvalue weighted by Gasteiger charge is -2.11. The molecule has 4 nitrogen and oxygen atoms in total. The van der Waals surface area contributed by atoms with E-state index >= 15 is 0 Å². The Kier molecular flexibility index (Phi) is 3.41. The van der Waals surface area contributed by atoms with Crippen LogP contribution in [0, 0.1) is 0 Å². The van der Waals surface area contributed by atoms with Crippen LogP contribution in [0.3, 0.4) is 0 Å². The number of benzene rings is 1. The number of carboxylic acid groups (broad SMARTS) is 1. The number of anilines is 1.